The summed E-state index contributed by atoms with van der Waals surface area (Å²) < 4.78 is 25.7. The zero-order valence-electron chi connectivity index (χ0n) is 12.4. The molecule has 1 fully saturated rings. The van der Waals surface area contributed by atoms with Crippen molar-refractivity contribution in [2.24, 2.45) is 0 Å². The highest BCUT2D eigenvalue weighted by Gasteiger charge is 2.38. The molecule has 21 heavy (non-hydrogen) atoms. The normalized spacial score (nSPS) is 19.8. The summed E-state index contributed by atoms with van der Waals surface area (Å²) in [5.74, 6) is 0.356. The Morgan fingerprint density at radius 2 is 2.29 bits per heavy atom. The first-order valence-electron chi connectivity index (χ1n) is 7.32. The Morgan fingerprint density at radius 3 is 2.95 bits per heavy atom. The van der Waals surface area contributed by atoms with Crippen LogP contribution in [0.5, 0.6) is 0 Å². The summed E-state index contributed by atoms with van der Waals surface area (Å²) in [6.45, 7) is 4.21. The monoisotopic (exact) mass is 314 g/mol. The van der Waals surface area contributed by atoms with Gasteiger partial charge in [-0.15, -0.1) is 0 Å². The first-order valence-corrected chi connectivity index (χ1v) is 8.93. The number of sulfonamides is 1. The summed E-state index contributed by atoms with van der Waals surface area (Å²) in [5.41, 5.74) is 0.907. The Balaban J connectivity index is 2.11. The highest BCUT2D eigenvalue weighted by atomic mass is 32.2. The quantitative estimate of drug-likeness (QED) is 0.822. The van der Waals surface area contributed by atoms with E-state index in [0.29, 0.717) is 31.6 Å². The molecule has 8 heteroatoms. The fourth-order valence-corrected chi connectivity index (χ4v) is 4.35. The number of aromatic amines is 1. The molecule has 0 radical (unpaired) electrons. The number of nitrogens with zero attached hydrogens (tertiary/aromatic N) is 2. The molecule has 1 unspecified atom stereocenters. The molecule has 2 N–H and O–H groups in total. The number of rotatable bonds is 6. The molecule has 2 heterocycles. The van der Waals surface area contributed by atoms with Gasteiger partial charge in [0.1, 0.15) is 11.9 Å². The van der Waals surface area contributed by atoms with Crippen LogP contribution >= 0.6 is 0 Å². The van der Waals surface area contributed by atoms with Gasteiger partial charge < -0.3 is 5.32 Å². The van der Waals surface area contributed by atoms with E-state index >= 15 is 0 Å². The zero-order valence-corrected chi connectivity index (χ0v) is 13.2. The van der Waals surface area contributed by atoms with Gasteiger partial charge >= 0.3 is 0 Å². The molecule has 0 aliphatic carbocycles. The Hall–Kier alpha value is -1.41. The van der Waals surface area contributed by atoms with E-state index in [1.165, 1.54) is 4.31 Å². The molecule has 7 nitrogen and oxygen atoms in total. The Bertz CT molecular complexity index is 596. The van der Waals surface area contributed by atoms with Gasteiger partial charge in [-0.2, -0.15) is 9.40 Å². The van der Waals surface area contributed by atoms with Crippen LogP contribution in [0.3, 0.4) is 0 Å². The maximum atomic E-state index is 12.4. The maximum Gasteiger partial charge on any atom is 0.243 e. The second-order valence-corrected chi connectivity index (χ2v) is 7.24. The fourth-order valence-electron chi connectivity index (χ4n) is 2.60. The molecule has 0 spiro atoms. The lowest BCUT2D eigenvalue weighted by Gasteiger charge is -2.23. The molecule has 1 aromatic rings. The number of H-pyrrole nitrogens is 1. The SMILES string of the molecule is CCCS(=O)(=O)N1CCCC1C(=O)Nc1[nH]ncc1CC. The van der Waals surface area contributed by atoms with E-state index < -0.39 is 16.1 Å². The van der Waals surface area contributed by atoms with Crippen molar-refractivity contribution in [3.05, 3.63) is 11.8 Å². The molecule has 118 valence electrons. The van der Waals surface area contributed by atoms with E-state index in [9.17, 15) is 13.2 Å². The number of aromatic nitrogens is 2. The number of aryl methyl sites for hydroxylation is 1. The third-order valence-electron chi connectivity index (χ3n) is 3.67. The first kappa shape index (κ1) is 16.0. The number of hydrogen-bond donors (Lipinski definition) is 2. The Kier molecular flexibility index (Phi) is 5.00. The van der Waals surface area contributed by atoms with Crippen molar-refractivity contribution < 1.29 is 13.2 Å². The van der Waals surface area contributed by atoms with Crippen molar-refractivity contribution in [1.29, 1.82) is 0 Å². The van der Waals surface area contributed by atoms with Crippen molar-refractivity contribution >= 4 is 21.7 Å². The molecule has 1 aromatic heterocycles. The molecule has 1 saturated heterocycles. The second-order valence-electron chi connectivity index (χ2n) is 5.20. The van der Waals surface area contributed by atoms with Crippen molar-refractivity contribution in [3.63, 3.8) is 0 Å². The molecule has 1 aliphatic rings. The topological polar surface area (TPSA) is 95.2 Å². The van der Waals surface area contributed by atoms with Crippen LogP contribution in [0.2, 0.25) is 0 Å². The van der Waals surface area contributed by atoms with Gasteiger partial charge in [0, 0.05) is 12.1 Å². The zero-order chi connectivity index (χ0) is 15.5. The standard InChI is InChI=1S/C13H22N4O3S/c1-3-8-21(19,20)17-7-5-6-11(17)13(18)15-12-10(4-2)9-14-16-12/h9,11H,3-8H2,1-2H3,(H2,14,15,16,18). The third-order valence-corrected chi connectivity index (χ3v) is 5.75. The highest BCUT2D eigenvalue weighted by Crippen LogP contribution is 2.23. The van der Waals surface area contributed by atoms with Crippen LogP contribution in [0, 0.1) is 0 Å². The van der Waals surface area contributed by atoms with Crippen molar-refractivity contribution in [3.8, 4) is 0 Å². The van der Waals surface area contributed by atoms with Gasteiger partial charge in [-0.1, -0.05) is 13.8 Å². The van der Waals surface area contributed by atoms with Crippen LogP contribution in [0.15, 0.2) is 6.20 Å². The van der Waals surface area contributed by atoms with Crippen LogP contribution < -0.4 is 5.32 Å². The summed E-state index contributed by atoms with van der Waals surface area (Å²) in [4.78, 5) is 12.4. The number of hydrogen-bond acceptors (Lipinski definition) is 4. The summed E-state index contributed by atoms with van der Waals surface area (Å²) in [6.07, 6.45) is 4.23. The first-order chi connectivity index (χ1) is 9.99. The Morgan fingerprint density at radius 1 is 1.52 bits per heavy atom. The lowest BCUT2D eigenvalue weighted by atomic mass is 10.2. The highest BCUT2D eigenvalue weighted by molar-refractivity contribution is 7.89. The fraction of sp³-hybridized carbons (Fsp3) is 0.692. The van der Waals surface area contributed by atoms with E-state index in [0.717, 1.165) is 12.0 Å². The molecular weight excluding hydrogens is 292 g/mol. The lowest BCUT2D eigenvalue weighted by molar-refractivity contribution is -0.119. The Labute approximate surface area is 125 Å². The number of anilines is 1. The van der Waals surface area contributed by atoms with Crippen LogP contribution in [0.4, 0.5) is 5.82 Å². The van der Waals surface area contributed by atoms with Crippen molar-refractivity contribution in [2.45, 2.75) is 45.6 Å². The number of amides is 1. The van der Waals surface area contributed by atoms with Gasteiger partial charge in [-0.05, 0) is 25.7 Å². The molecule has 2 rings (SSSR count). The predicted molar refractivity (Wildman–Crippen MR) is 80.4 cm³/mol. The van der Waals surface area contributed by atoms with Gasteiger partial charge in [0.25, 0.3) is 0 Å². The molecule has 0 saturated carbocycles. The van der Waals surface area contributed by atoms with Crippen molar-refractivity contribution in [2.75, 3.05) is 17.6 Å². The van der Waals surface area contributed by atoms with E-state index in [1.807, 2.05) is 13.8 Å². The van der Waals surface area contributed by atoms with Crippen LogP contribution in [0.25, 0.3) is 0 Å². The summed E-state index contributed by atoms with van der Waals surface area (Å²) in [7, 11) is -3.35. The van der Waals surface area contributed by atoms with Crippen molar-refractivity contribution in [1.82, 2.24) is 14.5 Å². The van der Waals surface area contributed by atoms with E-state index in [1.54, 1.807) is 6.20 Å². The van der Waals surface area contributed by atoms with Crippen LogP contribution in [-0.2, 0) is 21.2 Å². The minimum Gasteiger partial charge on any atom is -0.309 e. The van der Waals surface area contributed by atoms with E-state index in [4.69, 9.17) is 0 Å². The van der Waals surface area contributed by atoms with Gasteiger partial charge in [-0.3, -0.25) is 9.89 Å². The molecule has 0 bridgehead atoms. The predicted octanol–water partition coefficient (Wildman–Crippen LogP) is 1.11. The largest absolute Gasteiger partial charge is 0.309 e. The molecule has 1 aliphatic heterocycles. The second kappa shape index (κ2) is 6.57. The number of carbonyl (C=O) groups is 1. The third kappa shape index (κ3) is 3.44. The van der Waals surface area contributed by atoms with Gasteiger partial charge in [0.05, 0.1) is 11.9 Å². The average Bonchev–Trinajstić information content (AvgIpc) is 3.07. The smallest absolute Gasteiger partial charge is 0.243 e. The molecular formula is C13H22N4O3S. The van der Waals surface area contributed by atoms with Gasteiger partial charge in [0.15, 0.2) is 0 Å². The lowest BCUT2D eigenvalue weighted by Crippen LogP contribution is -2.44. The molecule has 1 atom stereocenters. The minimum absolute atomic E-state index is 0.0844. The molecule has 1 amide bonds. The summed E-state index contributed by atoms with van der Waals surface area (Å²) in [6, 6.07) is -0.616. The minimum atomic E-state index is -3.35. The van der Waals surface area contributed by atoms with E-state index in [-0.39, 0.29) is 11.7 Å². The van der Waals surface area contributed by atoms with Crippen LogP contribution in [-0.4, -0.2) is 47.2 Å². The number of carbonyl (C=O) groups excluding carboxylic acids is 1. The van der Waals surface area contributed by atoms with Gasteiger partial charge in [0.2, 0.25) is 15.9 Å². The molecule has 0 aromatic carbocycles. The summed E-state index contributed by atoms with van der Waals surface area (Å²) >= 11 is 0. The van der Waals surface area contributed by atoms with E-state index in [2.05, 4.69) is 15.5 Å². The summed E-state index contributed by atoms with van der Waals surface area (Å²) in [5, 5.41) is 9.40. The van der Waals surface area contributed by atoms with Gasteiger partial charge in [-0.25, -0.2) is 8.42 Å². The maximum absolute atomic E-state index is 12.4. The number of nitrogens with one attached hydrogen (secondary N) is 2. The van der Waals surface area contributed by atoms with Crippen LogP contribution in [0.1, 0.15) is 38.7 Å². The average molecular weight is 314 g/mol.